The molecule has 0 aliphatic heterocycles. The molecule has 1 heterocycles. The standard InChI is InChI=1S/C24H23N3O3S/c1-14(2)30-21-9-6-15(10-16(21)11-25)24-26-12-22(31-24)19-5-3-4-18-17(19)7-8-20(18)27-23(29)13-28/h3-6,9-10,12,14,20,28H,7-8,13H2,1-2H3,(H,27,29). The molecular weight excluding hydrogens is 410 g/mol. The third-order valence-electron chi connectivity index (χ3n) is 5.23. The number of fused-ring (bicyclic) bond motifs is 1. The summed E-state index contributed by atoms with van der Waals surface area (Å²) in [6, 6.07) is 13.8. The summed E-state index contributed by atoms with van der Waals surface area (Å²) in [4.78, 5) is 17.3. The lowest BCUT2D eigenvalue weighted by atomic mass is 10.0. The summed E-state index contributed by atoms with van der Waals surface area (Å²) in [5, 5.41) is 22.3. The zero-order valence-corrected chi connectivity index (χ0v) is 18.2. The van der Waals surface area contributed by atoms with Gasteiger partial charge in [-0.2, -0.15) is 5.26 Å². The number of aromatic nitrogens is 1. The zero-order valence-electron chi connectivity index (χ0n) is 17.4. The van der Waals surface area contributed by atoms with Gasteiger partial charge in [0, 0.05) is 11.8 Å². The van der Waals surface area contributed by atoms with Gasteiger partial charge < -0.3 is 15.2 Å². The molecule has 6 nitrogen and oxygen atoms in total. The van der Waals surface area contributed by atoms with E-state index < -0.39 is 6.61 Å². The highest BCUT2D eigenvalue weighted by Gasteiger charge is 2.26. The number of carbonyl (C=O) groups excluding carboxylic acids is 1. The first-order valence-corrected chi connectivity index (χ1v) is 11.0. The summed E-state index contributed by atoms with van der Waals surface area (Å²) in [5.74, 6) is 0.219. The average Bonchev–Trinajstić information content (AvgIpc) is 3.41. The van der Waals surface area contributed by atoms with E-state index in [2.05, 4.69) is 22.4 Å². The summed E-state index contributed by atoms with van der Waals surface area (Å²) >= 11 is 1.57. The summed E-state index contributed by atoms with van der Waals surface area (Å²) in [7, 11) is 0. The first kappa shape index (κ1) is 21.0. The smallest absolute Gasteiger partial charge is 0.246 e. The van der Waals surface area contributed by atoms with Gasteiger partial charge >= 0.3 is 0 Å². The molecule has 2 N–H and O–H groups in total. The maximum Gasteiger partial charge on any atom is 0.246 e. The van der Waals surface area contributed by atoms with Crippen molar-refractivity contribution in [3.05, 3.63) is 59.3 Å². The van der Waals surface area contributed by atoms with Gasteiger partial charge in [0.15, 0.2) is 0 Å². The van der Waals surface area contributed by atoms with Crippen molar-refractivity contribution in [3.8, 4) is 32.8 Å². The molecule has 1 aliphatic rings. The number of nitriles is 1. The predicted octanol–water partition coefficient (Wildman–Crippen LogP) is 4.23. The van der Waals surface area contributed by atoms with Crippen LogP contribution in [0.3, 0.4) is 0 Å². The van der Waals surface area contributed by atoms with Gasteiger partial charge in [-0.25, -0.2) is 4.98 Å². The fraction of sp³-hybridized carbons (Fsp3) is 0.292. The SMILES string of the molecule is CC(C)Oc1ccc(-c2ncc(-c3cccc4c3CCC4NC(=O)CO)s2)cc1C#N. The van der Waals surface area contributed by atoms with Gasteiger partial charge in [-0.05, 0) is 61.6 Å². The second-order valence-corrected chi connectivity index (χ2v) is 8.74. The van der Waals surface area contributed by atoms with Crippen LogP contribution in [0, 0.1) is 11.3 Å². The Morgan fingerprint density at radius 3 is 2.97 bits per heavy atom. The van der Waals surface area contributed by atoms with Crippen molar-refractivity contribution < 1.29 is 14.6 Å². The van der Waals surface area contributed by atoms with Gasteiger partial charge in [0.25, 0.3) is 0 Å². The lowest BCUT2D eigenvalue weighted by Crippen LogP contribution is -2.29. The minimum atomic E-state index is -0.505. The van der Waals surface area contributed by atoms with Gasteiger partial charge in [-0.3, -0.25) is 4.79 Å². The molecule has 3 aromatic rings. The number of ether oxygens (including phenoxy) is 1. The molecule has 158 valence electrons. The van der Waals surface area contributed by atoms with Crippen molar-refractivity contribution >= 4 is 17.2 Å². The Morgan fingerprint density at radius 2 is 2.23 bits per heavy atom. The van der Waals surface area contributed by atoms with Crippen LogP contribution in [-0.2, 0) is 11.2 Å². The number of amides is 1. The normalized spacial score (nSPS) is 14.9. The lowest BCUT2D eigenvalue weighted by molar-refractivity contribution is -0.124. The molecule has 0 radical (unpaired) electrons. The van der Waals surface area contributed by atoms with Crippen molar-refractivity contribution in [2.45, 2.75) is 38.8 Å². The number of hydrogen-bond donors (Lipinski definition) is 2. The van der Waals surface area contributed by atoms with Crippen LogP contribution in [0.1, 0.15) is 43.0 Å². The minimum Gasteiger partial charge on any atom is -0.490 e. The van der Waals surface area contributed by atoms with Gasteiger partial charge in [0.2, 0.25) is 5.91 Å². The van der Waals surface area contributed by atoms with E-state index in [1.807, 2.05) is 50.4 Å². The van der Waals surface area contributed by atoms with E-state index in [1.165, 1.54) is 5.56 Å². The van der Waals surface area contributed by atoms with Crippen LogP contribution >= 0.6 is 11.3 Å². The molecular formula is C24H23N3O3S. The highest BCUT2D eigenvalue weighted by molar-refractivity contribution is 7.18. The Balaban J connectivity index is 1.64. The van der Waals surface area contributed by atoms with Crippen LogP contribution in [0.2, 0.25) is 0 Å². The van der Waals surface area contributed by atoms with Crippen molar-refractivity contribution in [3.63, 3.8) is 0 Å². The van der Waals surface area contributed by atoms with Gasteiger partial charge in [-0.15, -0.1) is 11.3 Å². The third kappa shape index (κ3) is 4.31. The van der Waals surface area contributed by atoms with Crippen LogP contribution in [0.4, 0.5) is 0 Å². The second-order valence-electron chi connectivity index (χ2n) is 7.71. The molecule has 1 amide bonds. The Labute approximate surface area is 185 Å². The summed E-state index contributed by atoms with van der Waals surface area (Å²) in [6.07, 6.45) is 3.53. The Morgan fingerprint density at radius 1 is 1.39 bits per heavy atom. The first-order chi connectivity index (χ1) is 15.0. The van der Waals surface area contributed by atoms with E-state index >= 15 is 0 Å². The largest absolute Gasteiger partial charge is 0.490 e. The van der Waals surface area contributed by atoms with Crippen molar-refractivity contribution in [1.82, 2.24) is 10.3 Å². The van der Waals surface area contributed by atoms with Crippen LogP contribution in [0.25, 0.3) is 21.0 Å². The molecule has 0 spiro atoms. The molecule has 31 heavy (non-hydrogen) atoms. The zero-order chi connectivity index (χ0) is 22.0. The van der Waals surface area contributed by atoms with Crippen LogP contribution in [0.5, 0.6) is 5.75 Å². The summed E-state index contributed by atoms with van der Waals surface area (Å²) < 4.78 is 5.71. The lowest BCUT2D eigenvalue weighted by Gasteiger charge is -2.14. The van der Waals surface area contributed by atoms with E-state index in [9.17, 15) is 10.1 Å². The highest BCUT2D eigenvalue weighted by Crippen LogP contribution is 2.41. The topological polar surface area (TPSA) is 95.2 Å². The van der Waals surface area contributed by atoms with E-state index in [0.29, 0.717) is 11.3 Å². The molecule has 0 saturated heterocycles. The quantitative estimate of drug-likeness (QED) is 0.607. The maximum atomic E-state index is 11.6. The molecule has 0 fully saturated rings. The number of aliphatic hydroxyl groups excluding tert-OH is 1. The van der Waals surface area contributed by atoms with Crippen molar-refractivity contribution in [1.29, 1.82) is 5.26 Å². The Kier molecular flexibility index (Phi) is 6.03. The Bertz CT molecular complexity index is 1160. The van der Waals surface area contributed by atoms with E-state index in [-0.39, 0.29) is 18.1 Å². The van der Waals surface area contributed by atoms with Gasteiger partial charge in [0.05, 0.1) is 22.6 Å². The van der Waals surface area contributed by atoms with E-state index in [4.69, 9.17) is 9.84 Å². The number of rotatable bonds is 6. The third-order valence-corrected chi connectivity index (χ3v) is 6.31. The average molecular weight is 434 g/mol. The molecule has 4 rings (SSSR count). The second kappa shape index (κ2) is 8.88. The molecule has 0 bridgehead atoms. The molecule has 1 aliphatic carbocycles. The fourth-order valence-corrected chi connectivity index (χ4v) is 4.88. The van der Waals surface area contributed by atoms with E-state index in [1.54, 1.807) is 11.3 Å². The molecule has 1 aromatic heterocycles. The number of aliphatic hydroxyl groups is 1. The number of nitrogens with one attached hydrogen (secondary N) is 1. The van der Waals surface area contributed by atoms with Gasteiger partial charge in [0.1, 0.15) is 23.4 Å². The predicted molar refractivity (Wildman–Crippen MR) is 120 cm³/mol. The molecule has 1 unspecified atom stereocenters. The van der Waals surface area contributed by atoms with E-state index in [0.717, 1.165) is 39.4 Å². The number of benzene rings is 2. The van der Waals surface area contributed by atoms with Crippen LogP contribution in [0.15, 0.2) is 42.6 Å². The Hall–Kier alpha value is -3.21. The monoisotopic (exact) mass is 433 g/mol. The highest BCUT2D eigenvalue weighted by atomic mass is 32.1. The summed E-state index contributed by atoms with van der Waals surface area (Å²) in [5.41, 5.74) is 4.79. The first-order valence-electron chi connectivity index (χ1n) is 10.2. The number of carbonyl (C=O) groups is 1. The summed E-state index contributed by atoms with van der Waals surface area (Å²) in [6.45, 7) is 3.36. The van der Waals surface area contributed by atoms with Crippen LogP contribution in [-0.4, -0.2) is 28.7 Å². The van der Waals surface area contributed by atoms with Crippen LogP contribution < -0.4 is 10.1 Å². The molecule has 2 aromatic carbocycles. The molecule has 0 saturated carbocycles. The molecule has 1 atom stereocenters. The molecule has 7 heteroatoms. The van der Waals surface area contributed by atoms with Gasteiger partial charge in [-0.1, -0.05) is 18.2 Å². The number of hydrogen-bond acceptors (Lipinski definition) is 6. The van der Waals surface area contributed by atoms with Crippen molar-refractivity contribution in [2.24, 2.45) is 0 Å². The minimum absolute atomic E-state index is 0.00409. The fourth-order valence-electron chi connectivity index (χ4n) is 3.91. The van der Waals surface area contributed by atoms with Crippen molar-refractivity contribution in [2.75, 3.05) is 6.61 Å². The maximum absolute atomic E-state index is 11.6. The number of nitrogens with zero attached hydrogens (tertiary/aromatic N) is 2. The number of thiazole rings is 1.